The Kier molecular flexibility index (Phi) is 5.83. The number of aromatic nitrogens is 2. The molecule has 2 heterocycles. The number of aryl methyl sites for hydroxylation is 2. The SMILES string of the molecule is Cc1nn(C)c(C)c1CCNC(=O)CN1C(=O)C2(COc3ccc(F)cc3)CC2c2ccccc21. The van der Waals surface area contributed by atoms with Gasteiger partial charge in [0.15, 0.2) is 0 Å². The summed E-state index contributed by atoms with van der Waals surface area (Å²) >= 11 is 0. The lowest BCUT2D eigenvalue weighted by Gasteiger charge is -2.33. The number of halogens is 1. The molecule has 0 bridgehead atoms. The Hall–Kier alpha value is -3.68. The molecule has 5 rings (SSSR count). The quantitative estimate of drug-likeness (QED) is 0.541. The van der Waals surface area contributed by atoms with E-state index in [1.807, 2.05) is 49.8 Å². The molecule has 1 aliphatic heterocycles. The number of amides is 2. The molecule has 7 nitrogen and oxygen atoms in total. The van der Waals surface area contributed by atoms with Crippen LogP contribution in [0.4, 0.5) is 10.1 Å². The number of hydrogen-bond acceptors (Lipinski definition) is 4. The summed E-state index contributed by atoms with van der Waals surface area (Å²) in [6.45, 7) is 4.59. The van der Waals surface area contributed by atoms with Crippen molar-refractivity contribution >= 4 is 17.5 Å². The summed E-state index contributed by atoms with van der Waals surface area (Å²) in [7, 11) is 1.91. The zero-order valence-corrected chi connectivity index (χ0v) is 20.2. The first-order valence-electron chi connectivity index (χ1n) is 11.8. The molecule has 2 aromatic carbocycles. The third kappa shape index (κ3) is 4.17. The van der Waals surface area contributed by atoms with E-state index in [2.05, 4.69) is 10.4 Å². The molecule has 1 fully saturated rings. The lowest BCUT2D eigenvalue weighted by Crippen LogP contribution is -2.48. The van der Waals surface area contributed by atoms with Gasteiger partial charge in [0.25, 0.3) is 0 Å². The van der Waals surface area contributed by atoms with Crippen molar-refractivity contribution < 1.29 is 18.7 Å². The van der Waals surface area contributed by atoms with E-state index in [0.29, 0.717) is 25.1 Å². The van der Waals surface area contributed by atoms with Gasteiger partial charge in [-0.05, 0) is 68.1 Å². The number of carbonyl (C=O) groups is 2. The molecule has 1 aliphatic carbocycles. The van der Waals surface area contributed by atoms with Crippen LogP contribution in [0, 0.1) is 25.1 Å². The second-order valence-electron chi connectivity index (χ2n) is 9.48. The Balaban J connectivity index is 1.27. The van der Waals surface area contributed by atoms with Gasteiger partial charge in [-0.3, -0.25) is 14.3 Å². The summed E-state index contributed by atoms with van der Waals surface area (Å²) < 4.78 is 21.0. The molecule has 182 valence electrons. The van der Waals surface area contributed by atoms with Gasteiger partial charge in [0.05, 0.1) is 11.1 Å². The van der Waals surface area contributed by atoms with Gasteiger partial charge in [0, 0.05) is 30.9 Å². The van der Waals surface area contributed by atoms with Gasteiger partial charge in [-0.15, -0.1) is 0 Å². The van der Waals surface area contributed by atoms with Crippen LogP contribution in [-0.4, -0.2) is 41.3 Å². The van der Waals surface area contributed by atoms with E-state index in [1.165, 1.54) is 12.1 Å². The van der Waals surface area contributed by atoms with Crippen LogP contribution < -0.4 is 15.0 Å². The molecule has 1 aromatic heterocycles. The molecular weight excluding hydrogens is 447 g/mol. The number of anilines is 1. The van der Waals surface area contributed by atoms with Gasteiger partial charge in [0.2, 0.25) is 11.8 Å². The number of hydrogen-bond donors (Lipinski definition) is 1. The van der Waals surface area contributed by atoms with E-state index in [9.17, 15) is 14.0 Å². The van der Waals surface area contributed by atoms with E-state index in [0.717, 1.165) is 28.2 Å². The third-order valence-corrected chi connectivity index (χ3v) is 7.32. The van der Waals surface area contributed by atoms with Crippen molar-refractivity contribution in [2.75, 3.05) is 24.6 Å². The van der Waals surface area contributed by atoms with Crippen LogP contribution in [0.2, 0.25) is 0 Å². The molecule has 2 aliphatic rings. The van der Waals surface area contributed by atoms with Crippen LogP contribution in [0.15, 0.2) is 48.5 Å². The topological polar surface area (TPSA) is 76.5 Å². The van der Waals surface area contributed by atoms with Crippen molar-refractivity contribution in [3.8, 4) is 5.75 Å². The van der Waals surface area contributed by atoms with Gasteiger partial charge in [-0.1, -0.05) is 18.2 Å². The molecule has 2 amide bonds. The summed E-state index contributed by atoms with van der Waals surface area (Å²) in [6, 6.07) is 13.5. The predicted octanol–water partition coefficient (Wildman–Crippen LogP) is 3.43. The fraction of sp³-hybridized carbons (Fsp3) is 0.370. The normalized spacial score (nSPS) is 20.3. The van der Waals surface area contributed by atoms with Gasteiger partial charge >= 0.3 is 0 Å². The summed E-state index contributed by atoms with van der Waals surface area (Å²) in [5, 5.41) is 7.38. The van der Waals surface area contributed by atoms with Crippen molar-refractivity contribution in [2.45, 2.75) is 32.6 Å². The minimum Gasteiger partial charge on any atom is -0.492 e. The Morgan fingerprint density at radius 2 is 1.94 bits per heavy atom. The number of fused-ring (bicyclic) bond motifs is 3. The smallest absolute Gasteiger partial charge is 0.240 e. The van der Waals surface area contributed by atoms with Crippen LogP contribution in [0.1, 0.15) is 34.9 Å². The van der Waals surface area contributed by atoms with Crippen molar-refractivity contribution in [1.82, 2.24) is 15.1 Å². The van der Waals surface area contributed by atoms with Crippen LogP contribution in [0.25, 0.3) is 0 Å². The molecule has 2 unspecified atom stereocenters. The number of para-hydroxylation sites is 1. The third-order valence-electron chi connectivity index (χ3n) is 7.32. The fourth-order valence-electron chi connectivity index (χ4n) is 5.18. The molecule has 3 aromatic rings. The van der Waals surface area contributed by atoms with Crippen LogP contribution in [0.3, 0.4) is 0 Å². The van der Waals surface area contributed by atoms with E-state index in [-0.39, 0.29) is 36.7 Å². The number of ether oxygens (including phenoxy) is 1. The summed E-state index contributed by atoms with van der Waals surface area (Å²) in [6.07, 6.45) is 1.35. The number of nitrogens with one attached hydrogen (secondary N) is 1. The zero-order chi connectivity index (χ0) is 24.7. The second kappa shape index (κ2) is 8.83. The highest BCUT2D eigenvalue weighted by Gasteiger charge is 2.66. The van der Waals surface area contributed by atoms with Crippen LogP contribution in [-0.2, 0) is 23.1 Å². The number of benzene rings is 2. The second-order valence-corrected chi connectivity index (χ2v) is 9.48. The number of nitrogens with zero attached hydrogens (tertiary/aromatic N) is 3. The highest BCUT2D eigenvalue weighted by atomic mass is 19.1. The van der Waals surface area contributed by atoms with Crippen molar-refractivity contribution in [3.63, 3.8) is 0 Å². The fourth-order valence-corrected chi connectivity index (χ4v) is 5.18. The Bertz CT molecular complexity index is 1290. The first-order chi connectivity index (χ1) is 16.8. The monoisotopic (exact) mass is 476 g/mol. The van der Waals surface area contributed by atoms with Gasteiger partial charge in [-0.25, -0.2) is 4.39 Å². The zero-order valence-electron chi connectivity index (χ0n) is 20.2. The lowest BCUT2D eigenvalue weighted by molar-refractivity contribution is -0.128. The average molecular weight is 477 g/mol. The van der Waals surface area contributed by atoms with Crippen LogP contribution in [0.5, 0.6) is 5.75 Å². The number of rotatable bonds is 8. The maximum atomic E-state index is 13.6. The average Bonchev–Trinajstić information content (AvgIpc) is 3.54. The van der Waals surface area contributed by atoms with E-state index < -0.39 is 5.41 Å². The summed E-state index contributed by atoms with van der Waals surface area (Å²) in [4.78, 5) is 28.1. The molecule has 0 radical (unpaired) electrons. The minimum atomic E-state index is -0.701. The highest BCUT2D eigenvalue weighted by Crippen LogP contribution is 2.65. The number of carbonyl (C=O) groups excluding carboxylic acids is 2. The maximum absolute atomic E-state index is 13.6. The molecule has 2 atom stereocenters. The maximum Gasteiger partial charge on any atom is 0.240 e. The van der Waals surface area contributed by atoms with Crippen LogP contribution >= 0.6 is 0 Å². The lowest BCUT2D eigenvalue weighted by atomic mass is 9.92. The standard InChI is InChI=1S/C27H29FN4O3/c1-17-21(18(2)31(3)30-17)12-13-29-25(33)15-32-24-7-5-4-6-22(24)23-14-27(23,26(32)34)16-35-20-10-8-19(28)9-11-20/h4-11,23H,12-16H2,1-3H3,(H,29,33). The van der Waals surface area contributed by atoms with E-state index in [1.54, 1.807) is 17.0 Å². The van der Waals surface area contributed by atoms with Gasteiger partial charge in [-0.2, -0.15) is 5.10 Å². The summed E-state index contributed by atoms with van der Waals surface area (Å²) in [5.74, 6) is -0.0714. The highest BCUT2D eigenvalue weighted by molar-refractivity contribution is 6.07. The van der Waals surface area contributed by atoms with Crippen molar-refractivity contribution in [3.05, 3.63) is 76.9 Å². The molecule has 8 heteroatoms. The van der Waals surface area contributed by atoms with E-state index in [4.69, 9.17) is 4.74 Å². The Labute approximate surface area is 203 Å². The van der Waals surface area contributed by atoms with Crippen molar-refractivity contribution in [2.24, 2.45) is 12.5 Å². The Morgan fingerprint density at radius 3 is 2.66 bits per heavy atom. The molecule has 1 N–H and O–H groups in total. The minimum absolute atomic E-state index is 0.0497. The van der Waals surface area contributed by atoms with Crippen molar-refractivity contribution in [1.29, 1.82) is 0 Å². The van der Waals surface area contributed by atoms with Gasteiger partial charge < -0.3 is 15.0 Å². The molecule has 35 heavy (non-hydrogen) atoms. The Morgan fingerprint density at radius 1 is 1.20 bits per heavy atom. The molecule has 0 saturated heterocycles. The first kappa shape index (κ1) is 23.1. The summed E-state index contributed by atoms with van der Waals surface area (Å²) in [5.41, 5.74) is 4.31. The largest absolute Gasteiger partial charge is 0.492 e. The molecular formula is C27H29FN4O3. The molecule has 0 spiro atoms. The van der Waals surface area contributed by atoms with Gasteiger partial charge in [0.1, 0.15) is 24.7 Å². The van der Waals surface area contributed by atoms with E-state index >= 15 is 0 Å². The molecule has 1 saturated carbocycles. The first-order valence-corrected chi connectivity index (χ1v) is 11.8. The predicted molar refractivity (Wildman–Crippen MR) is 130 cm³/mol.